The van der Waals surface area contributed by atoms with Crippen LogP contribution in [-0.4, -0.2) is 21.2 Å². The van der Waals surface area contributed by atoms with Crippen molar-refractivity contribution in [3.05, 3.63) is 65.6 Å². The third-order valence-electron chi connectivity index (χ3n) is 4.34. The highest BCUT2D eigenvalue weighted by Gasteiger charge is 2.30. The maximum absolute atomic E-state index is 12.7. The first kappa shape index (κ1) is 15.5. The lowest BCUT2D eigenvalue weighted by Crippen LogP contribution is -2.19. The van der Waals surface area contributed by atoms with Crippen molar-refractivity contribution in [2.24, 2.45) is 0 Å². The normalized spacial score (nSPS) is 19.5. The molecule has 4 rings (SSSR count). The highest BCUT2D eigenvalue weighted by Crippen LogP contribution is 2.38. The first-order chi connectivity index (χ1) is 11.7. The maximum atomic E-state index is 12.7. The van der Waals surface area contributed by atoms with Crippen molar-refractivity contribution < 1.29 is 4.79 Å². The van der Waals surface area contributed by atoms with E-state index in [2.05, 4.69) is 44.3 Å². The third kappa shape index (κ3) is 2.88. The molecule has 0 saturated carbocycles. The van der Waals surface area contributed by atoms with E-state index in [9.17, 15) is 4.79 Å². The Morgan fingerprint density at radius 1 is 1.17 bits per heavy atom. The zero-order valence-electron chi connectivity index (χ0n) is 13.1. The average molecular weight is 431 g/mol. The van der Waals surface area contributed by atoms with Crippen molar-refractivity contribution in [2.45, 2.75) is 16.8 Å². The van der Waals surface area contributed by atoms with Gasteiger partial charge in [0.05, 0.1) is 16.9 Å². The quantitative estimate of drug-likeness (QED) is 0.505. The Morgan fingerprint density at radius 3 is 2.75 bits per heavy atom. The van der Waals surface area contributed by atoms with Crippen LogP contribution in [0.1, 0.15) is 28.2 Å². The maximum Gasteiger partial charge on any atom is 0.167 e. The molecular formula is C19H18IN3O. The lowest BCUT2D eigenvalue weighted by molar-refractivity contribution is 0.0977. The number of aromatic nitrogens is 1. The average Bonchev–Trinajstić information content (AvgIpc) is 2.95. The first-order valence-electron chi connectivity index (χ1n) is 8.07. The molecule has 1 aromatic heterocycles. The van der Waals surface area contributed by atoms with E-state index in [0.717, 1.165) is 46.9 Å². The molecule has 1 unspecified atom stereocenters. The molecule has 3 N–H and O–H groups in total. The largest absolute Gasteiger partial charge is 0.387 e. The monoisotopic (exact) mass is 431 g/mol. The minimum Gasteiger partial charge on any atom is -0.387 e. The van der Waals surface area contributed by atoms with Crippen molar-refractivity contribution in [2.75, 3.05) is 11.9 Å². The summed E-state index contributed by atoms with van der Waals surface area (Å²) in [6.45, 7) is 0.795. The van der Waals surface area contributed by atoms with Gasteiger partial charge in [-0.25, -0.2) is 0 Å². The van der Waals surface area contributed by atoms with E-state index >= 15 is 0 Å². The molecule has 1 aromatic carbocycles. The molecule has 24 heavy (non-hydrogen) atoms. The number of nitrogens with one attached hydrogen (secondary N) is 3. The van der Waals surface area contributed by atoms with Crippen molar-refractivity contribution in [3.63, 3.8) is 0 Å². The number of halogens is 1. The van der Waals surface area contributed by atoms with E-state index in [4.69, 9.17) is 0 Å². The van der Waals surface area contributed by atoms with E-state index < -0.39 is 0 Å². The number of dihydropyridines is 1. The lowest BCUT2D eigenvalue weighted by Gasteiger charge is -2.17. The molecule has 2 aliphatic rings. The molecule has 0 fully saturated rings. The van der Waals surface area contributed by atoms with Crippen LogP contribution in [0.15, 0.2) is 48.7 Å². The Balaban J connectivity index is 1.83. The van der Waals surface area contributed by atoms with Crippen LogP contribution in [0.5, 0.6) is 0 Å². The SMILES string of the molecule is O=C1CC(I)Cc2[nH]c(C3=CCNC=C3)c(Nc3ccccc3)c21. The van der Waals surface area contributed by atoms with Crippen molar-refractivity contribution in [1.29, 1.82) is 0 Å². The lowest BCUT2D eigenvalue weighted by atomic mass is 9.94. The number of aromatic amines is 1. The van der Waals surface area contributed by atoms with E-state index in [1.165, 1.54) is 0 Å². The van der Waals surface area contributed by atoms with Gasteiger partial charge in [-0.15, -0.1) is 0 Å². The minimum absolute atomic E-state index is 0.218. The van der Waals surface area contributed by atoms with Gasteiger partial charge in [-0.05, 0) is 30.0 Å². The minimum atomic E-state index is 0.218. The Kier molecular flexibility index (Phi) is 4.18. The van der Waals surface area contributed by atoms with Crippen LogP contribution in [0.2, 0.25) is 0 Å². The summed E-state index contributed by atoms with van der Waals surface area (Å²) in [7, 11) is 0. The second-order valence-corrected chi connectivity index (χ2v) is 7.81. The van der Waals surface area contributed by atoms with Crippen LogP contribution in [0, 0.1) is 0 Å². The number of hydrogen-bond donors (Lipinski definition) is 3. The molecule has 0 amide bonds. The van der Waals surface area contributed by atoms with E-state index in [-0.39, 0.29) is 5.78 Å². The zero-order chi connectivity index (χ0) is 16.5. The van der Waals surface area contributed by atoms with E-state index in [1.807, 2.05) is 42.6 Å². The molecule has 2 heterocycles. The van der Waals surface area contributed by atoms with Gasteiger partial charge >= 0.3 is 0 Å². The Labute approximate surface area is 154 Å². The molecule has 1 atom stereocenters. The number of allylic oxidation sites excluding steroid dienone is 2. The number of carbonyl (C=O) groups is 1. The second kappa shape index (κ2) is 6.47. The number of H-pyrrole nitrogens is 1. The summed E-state index contributed by atoms with van der Waals surface area (Å²) < 4.78 is 0.358. The summed E-state index contributed by atoms with van der Waals surface area (Å²) >= 11 is 2.37. The van der Waals surface area contributed by atoms with Crippen LogP contribution in [0.3, 0.4) is 0 Å². The first-order valence-corrected chi connectivity index (χ1v) is 9.31. The smallest absolute Gasteiger partial charge is 0.167 e. The van der Waals surface area contributed by atoms with Crippen LogP contribution >= 0.6 is 22.6 Å². The third-order valence-corrected chi connectivity index (χ3v) is 5.22. The fraction of sp³-hybridized carbons (Fsp3) is 0.211. The van der Waals surface area contributed by atoms with Gasteiger partial charge in [-0.2, -0.15) is 0 Å². The number of benzene rings is 1. The fourth-order valence-electron chi connectivity index (χ4n) is 3.26. The number of carbonyl (C=O) groups excluding carboxylic acids is 1. The summed E-state index contributed by atoms with van der Waals surface area (Å²) in [6, 6.07) is 10.0. The summed E-state index contributed by atoms with van der Waals surface area (Å²) in [6.07, 6.45) is 7.64. The predicted octanol–water partition coefficient (Wildman–Crippen LogP) is 4.19. The van der Waals surface area contributed by atoms with E-state index in [0.29, 0.717) is 10.3 Å². The van der Waals surface area contributed by atoms with E-state index in [1.54, 1.807) is 0 Å². The van der Waals surface area contributed by atoms with Gasteiger partial charge in [0.25, 0.3) is 0 Å². The molecular weight excluding hydrogens is 413 g/mol. The molecule has 122 valence electrons. The number of rotatable bonds is 3. The Hall–Kier alpha value is -2.02. The zero-order valence-corrected chi connectivity index (χ0v) is 15.3. The van der Waals surface area contributed by atoms with Crippen molar-refractivity contribution in [3.8, 4) is 0 Å². The number of alkyl halides is 1. The standard InChI is InChI=1S/C19H18IN3O/c20-13-10-15-17(16(24)11-13)19(22-14-4-2-1-3-5-14)18(23-15)12-6-8-21-9-7-12/h1-8,13,21-23H,9-11H2. The van der Waals surface area contributed by atoms with Gasteiger partial charge in [0.1, 0.15) is 0 Å². The molecule has 0 bridgehead atoms. The topological polar surface area (TPSA) is 56.9 Å². The van der Waals surface area contributed by atoms with Gasteiger partial charge in [-0.1, -0.05) is 46.9 Å². The van der Waals surface area contributed by atoms with Crippen molar-refractivity contribution >= 4 is 45.3 Å². The predicted molar refractivity (Wildman–Crippen MR) is 106 cm³/mol. The number of para-hydroxylation sites is 1. The number of fused-ring (bicyclic) bond motifs is 1. The molecule has 4 nitrogen and oxygen atoms in total. The summed E-state index contributed by atoms with van der Waals surface area (Å²) in [5, 5.41) is 6.65. The van der Waals surface area contributed by atoms with Crippen LogP contribution in [-0.2, 0) is 6.42 Å². The van der Waals surface area contributed by atoms with Gasteiger partial charge in [-0.3, -0.25) is 4.79 Å². The number of Topliss-reactive ketones (excluding diaryl/α,β-unsaturated/α-hetero) is 1. The van der Waals surface area contributed by atoms with Gasteiger partial charge in [0.15, 0.2) is 5.78 Å². The molecule has 0 radical (unpaired) electrons. The Bertz CT molecular complexity index is 836. The van der Waals surface area contributed by atoms with Crippen molar-refractivity contribution in [1.82, 2.24) is 10.3 Å². The summed E-state index contributed by atoms with van der Waals surface area (Å²) in [4.78, 5) is 16.2. The fourth-order valence-corrected chi connectivity index (χ4v) is 4.10. The van der Waals surface area contributed by atoms with Gasteiger partial charge in [0, 0.05) is 34.7 Å². The summed E-state index contributed by atoms with van der Waals surface area (Å²) in [5.74, 6) is 0.218. The second-order valence-electron chi connectivity index (χ2n) is 6.05. The van der Waals surface area contributed by atoms with Crippen LogP contribution < -0.4 is 10.6 Å². The molecule has 0 spiro atoms. The number of ketones is 1. The Morgan fingerprint density at radius 2 is 2.00 bits per heavy atom. The molecule has 1 aliphatic heterocycles. The highest BCUT2D eigenvalue weighted by molar-refractivity contribution is 14.1. The van der Waals surface area contributed by atoms with Gasteiger partial charge in [0.2, 0.25) is 0 Å². The molecule has 5 heteroatoms. The number of anilines is 2. The molecule has 0 saturated heterocycles. The highest BCUT2D eigenvalue weighted by atomic mass is 127. The van der Waals surface area contributed by atoms with Crippen LogP contribution in [0.25, 0.3) is 5.57 Å². The molecule has 2 aromatic rings. The number of hydrogen-bond acceptors (Lipinski definition) is 3. The molecule has 1 aliphatic carbocycles. The van der Waals surface area contributed by atoms with Gasteiger partial charge < -0.3 is 15.6 Å². The summed E-state index contributed by atoms with van der Waals surface area (Å²) in [5.41, 5.74) is 5.88. The van der Waals surface area contributed by atoms with Crippen LogP contribution in [0.4, 0.5) is 11.4 Å².